The third-order valence-corrected chi connectivity index (χ3v) is 9.29. The van der Waals surface area contributed by atoms with Gasteiger partial charge in [-0.2, -0.15) is 0 Å². The molecule has 0 fully saturated rings. The maximum atomic E-state index is 2.49. The van der Waals surface area contributed by atoms with Crippen molar-refractivity contribution in [2.24, 2.45) is 0 Å². The number of hydrogen-bond acceptors (Lipinski definition) is 1. The Labute approximate surface area is 222 Å². The van der Waals surface area contributed by atoms with Crippen LogP contribution in [-0.4, -0.2) is 4.57 Å². The number of rotatable bonds is 1. The predicted molar refractivity (Wildman–Crippen MR) is 166 cm³/mol. The van der Waals surface area contributed by atoms with Crippen molar-refractivity contribution < 1.29 is 0 Å². The average Bonchev–Trinajstić information content (AvgIpc) is 3.53. The first-order chi connectivity index (χ1) is 18.9. The molecule has 0 spiro atoms. The van der Waals surface area contributed by atoms with E-state index in [1.807, 2.05) is 11.3 Å². The third kappa shape index (κ3) is 2.60. The molecule has 0 saturated carbocycles. The van der Waals surface area contributed by atoms with E-state index in [0.29, 0.717) is 0 Å². The summed E-state index contributed by atoms with van der Waals surface area (Å²) in [6.07, 6.45) is 0. The Balaban J connectivity index is 1.54. The monoisotopic (exact) mass is 499 g/mol. The average molecular weight is 500 g/mol. The topological polar surface area (TPSA) is 4.93 Å². The van der Waals surface area contributed by atoms with Crippen molar-refractivity contribution in [2.45, 2.75) is 0 Å². The van der Waals surface area contributed by atoms with Crippen molar-refractivity contribution in [3.63, 3.8) is 0 Å². The second-order valence-corrected chi connectivity index (χ2v) is 11.2. The number of para-hydroxylation sites is 1. The van der Waals surface area contributed by atoms with Crippen LogP contribution < -0.4 is 0 Å². The second-order valence-electron chi connectivity index (χ2n) is 10.1. The zero-order valence-electron chi connectivity index (χ0n) is 20.5. The van der Waals surface area contributed by atoms with Crippen LogP contribution in [0.4, 0.5) is 0 Å². The number of thiophene rings is 1. The summed E-state index contributed by atoms with van der Waals surface area (Å²) in [4.78, 5) is 0. The lowest BCUT2D eigenvalue weighted by atomic mass is 9.93. The van der Waals surface area contributed by atoms with Gasteiger partial charge < -0.3 is 4.57 Å². The van der Waals surface area contributed by atoms with Crippen LogP contribution in [0.2, 0.25) is 0 Å². The van der Waals surface area contributed by atoms with Crippen LogP contribution in [0.25, 0.3) is 80.0 Å². The first-order valence-electron chi connectivity index (χ1n) is 13.0. The van der Waals surface area contributed by atoms with Crippen molar-refractivity contribution in [1.82, 2.24) is 4.57 Å². The molecule has 38 heavy (non-hydrogen) atoms. The number of fused-ring (bicyclic) bond motifs is 13. The summed E-state index contributed by atoms with van der Waals surface area (Å²) in [5.41, 5.74) is 3.73. The molecule has 0 atom stereocenters. The quantitative estimate of drug-likeness (QED) is 0.198. The lowest BCUT2D eigenvalue weighted by Gasteiger charge is -2.14. The smallest absolute Gasteiger partial charge is 0.0625 e. The van der Waals surface area contributed by atoms with Crippen LogP contribution in [0.15, 0.2) is 127 Å². The molecule has 2 heteroatoms. The molecule has 9 aromatic rings. The summed E-state index contributed by atoms with van der Waals surface area (Å²) >= 11 is 1.87. The standard InChI is InChI=1S/C36H21NS/c1-2-10-24-22(9-1)17-19-29-34(24)26-12-3-4-13-27(26)36-35(29)28-14-5-7-15-31(28)37(36)23-18-20-33-30(21-23)25-11-6-8-16-32(25)38-33/h1-21H. The second kappa shape index (κ2) is 7.44. The molecule has 0 radical (unpaired) electrons. The SMILES string of the molecule is c1ccc2c(c1)ccc1c2c2ccccc2c2c1c1ccccc1n2-c1ccc2sc3ccccc3c2c1. The number of nitrogens with zero attached hydrogens (tertiary/aromatic N) is 1. The van der Waals surface area contributed by atoms with Crippen LogP contribution in [0.3, 0.4) is 0 Å². The van der Waals surface area contributed by atoms with Crippen molar-refractivity contribution in [3.05, 3.63) is 127 Å². The highest BCUT2D eigenvalue weighted by molar-refractivity contribution is 7.25. The lowest BCUT2D eigenvalue weighted by Crippen LogP contribution is -1.95. The predicted octanol–water partition coefficient (Wildman–Crippen LogP) is 10.6. The summed E-state index contributed by atoms with van der Waals surface area (Å²) in [6, 6.07) is 47.0. The van der Waals surface area contributed by atoms with Crippen LogP contribution in [-0.2, 0) is 0 Å². The fourth-order valence-electron chi connectivity index (χ4n) is 6.57. The first kappa shape index (κ1) is 20.4. The molecule has 7 aromatic carbocycles. The van der Waals surface area contributed by atoms with E-state index in [1.54, 1.807) is 0 Å². The summed E-state index contributed by atoms with van der Waals surface area (Å²) in [5.74, 6) is 0. The van der Waals surface area contributed by atoms with E-state index in [2.05, 4.69) is 132 Å². The van der Waals surface area contributed by atoms with Gasteiger partial charge in [-0.15, -0.1) is 11.3 Å². The van der Waals surface area contributed by atoms with Gasteiger partial charge in [-0.3, -0.25) is 0 Å². The molecule has 9 rings (SSSR count). The molecule has 0 unspecified atom stereocenters. The molecule has 0 saturated heterocycles. The molecule has 0 aliphatic rings. The minimum atomic E-state index is 1.21. The van der Waals surface area contributed by atoms with Gasteiger partial charge in [-0.1, -0.05) is 97.1 Å². The van der Waals surface area contributed by atoms with E-state index in [0.717, 1.165) is 0 Å². The zero-order chi connectivity index (χ0) is 24.8. The lowest BCUT2D eigenvalue weighted by molar-refractivity contribution is 1.19. The Morgan fingerprint density at radius 1 is 0.421 bits per heavy atom. The summed E-state index contributed by atoms with van der Waals surface area (Å²) in [5, 5.41) is 13.1. The van der Waals surface area contributed by atoms with Crippen molar-refractivity contribution >= 4 is 85.6 Å². The van der Waals surface area contributed by atoms with Gasteiger partial charge in [-0.25, -0.2) is 0 Å². The Kier molecular flexibility index (Phi) is 3.99. The van der Waals surface area contributed by atoms with Gasteiger partial charge >= 0.3 is 0 Å². The highest BCUT2D eigenvalue weighted by Crippen LogP contribution is 2.45. The molecule has 0 aliphatic heterocycles. The molecular weight excluding hydrogens is 478 g/mol. The summed E-state index contributed by atoms with van der Waals surface area (Å²) in [6.45, 7) is 0. The molecule has 0 amide bonds. The molecular formula is C36H21NS. The number of aromatic nitrogens is 1. The highest BCUT2D eigenvalue weighted by Gasteiger charge is 2.20. The Morgan fingerprint density at radius 3 is 2.00 bits per heavy atom. The zero-order valence-corrected chi connectivity index (χ0v) is 21.3. The Bertz CT molecular complexity index is 2400. The maximum Gasteiger partial charge on any atom is 0.0625 e. The van der Waals surface area contributed by atoms with E-state index in [1.165, 1.54) is 80.0 Å². The summed E-state index contributed by atoms with van der Waals surface area (Å²) in [7, 11) is 0. The minimum absolute atomic E-state index is 1.21. The van der Waals surface area contributed by atoms with Crippen LogP contribution in [0.1, 0.15) is 0 Å². The molecule has 176 valence electrons. The fraction of sp³-hybridized carbons (Fsp3) is 0. The van der Waals surface area contributed by atoms with Crippen molar-refractivity contribution in [3.8, 4) is 5.69 Å². The normalized spacial score (nSPS) is 12.2. The Hall–Kier alpha value is -4.66. The number of benzene rings is 7. The molecule has 2 heterocycles. The maximum absolute atomic E-state index is 2.49. The number of hydrogen-bond donors (Lipinski definition) is 0. The van der Waals surface area contributed by atoms with Gasteiger partial charge in [0.25, 0.3) is 0 Å². The van der Waals surface area contributed by atoms with E-state index in [4.69, 9.17) is 0 Å². The minimum Gasteiger partial charge on any atom is -0.309 e. The molecule has 2 aromatic heterocycles. The molecule has 0 bridgehead atoms. The van der Waals surface area contributed by atoms with Gasteiger partial charge in [0, 0.05) is 42.0 Å². The van der Waals surface area contributed by atoms with Gasteiger partial charge in [0.2, 0.25) is 0 Å². The third-order valence-electron chi connectivity index (χ3n) is 8.14. The van der Waals surface area contributed by atoms with Gasteiger partial charge in [0.05, 0.1) is 11.0 Å². The van der Waals surface area contributed by atoms with E-state index in [-0.39, 0.29) is 0 Å². The van der Waals surface area contributed by atoms with Crippen LogP contribution in [0, 0.1) is 0 Å². The van der Waals surface area contributed by atoms with Crippen molar-refractivity contribution in [2.75, 3.05) is 0 Å². The fourth-order valence-corrected chi connectivity index (χ4v) is 7.65. The van der Waals surface area contributed by atoms with Crippen LogP contribution >= 0.6 is 11.3 Å². The largest absolute Gasteiger partial charge is 0.309 e. The van der Waals surface area contributed by atoms with Crippen LogP contribution in [0.5, 0.6) is 0 Å². The van der Waals surface area contributed by atoms with E-state index >= 15 is 0 Å². The van der Waals surface area contributed by atoms with Gasteiger partial charge in [0.15, 0.2) is 0 Å². The van der Waals surface area contributed by atoms with E-state index < -0.39 is 0 Å². The van der Waals surface area contributed by atoms with Crippen molar-refractivity contribution in [1.29, 1.82) is 0 Å². The first-order valence-corrected chi connectivity index (χ1v) is 13.9. The van der Waals surface area contributed by atoms with Gasteiger partial charge in [-0.05, 0) is 57.3 Å². The highest BCUT2D eigenvalue weighted by atomic mass is 32.1. The Morgan fingerprint density at radius 2 is 1.11 bits per heavy atom. The molecule has 0 N–H and O–H groups in total. The van der Waals surface area contributed by atoms with Gasteiger partial charge in [0.1, 0.15) is 0 Å². The molecule has 1 nitrogen and oxygen atoms in total. The molecule has 0 aliphatic carbocycles. The summed E-state index contributed by atoms with van der Waals surface area (Å²) < 4.78 is 5.16. The van der Waals surface area contributed by atoms with E-state index in [9.17, 15) is 0 Å².